The molecule has 0 spiro atoms. The minimum atomic E-state index is -1.88. The highest BCUT2D eigenvalue weighted by molar-refractivity contribution is 7.99. The number of halogens is 1. The van der Waals surface area contributed by atoms with Crippen molar-refractivity contribution in [1.82, 2.24) is 4.98 Å². The molecule has 3 aliphatic rings. The Morgan fingerprint density at radius 1 is 1.46 bits per heavy atom. The van der Waals surface area contributed by atoms with E-state index in [-0.39, 0.29) is 24.9 Å². The molecular weight excluding hydrogens is 353 g/mol. The molecule has 138 valence electrons. The molecule has 0 amide bonds. The van der Waals surface area contributed by atoms with Crippen LogP contribution >= 0.6 is 11.8 Å². The number of rotatable bonds is 8. The van der Waals surface area contributed by atoms with Gasteiger partial charge in [0.05, 0.1) is 12.5 Å². The molecule has 1 N–H and O–H groups in total. The van der Waals surface area contributed by atoms with Crippen LogP contribution in [0, 0.1) is 17.8 Å². The monoisotopic (exact) mass is 375 g/mol. The lowest BCUT2D eigenvalue weighted by molar-refractivity contribution is -0.139. The van der Waals surface area contributed by atoms with Crippen LogP contribution in [0.3, 0.4) is 0 Å². The molecule has 3 unspecified atom stereocenters. The number of hydrogen-bond acceptors (Lipinski definition) is 4. The van der Waals surface area contributed by atoms with Gasteiger partial charge in [0.1, 0.15) is 5.03 Å². The molecule has 4 rings (SSSR count). The molecular formula is C20H22FNO3S. The second-order valence-corrected chi connectivity index (χ2v) is 8.37. The summed E-state index contributed by atoms with van der Waals surface area (Å²) in [4.78, 5) is 15.5. The van der Waals surface area contributed by atoms with Crippen LogP contribution in [0.2, 0.25) is 0 Å². The molecule has 1 aromatic rings. The second-order valence-electron chi connectivity index (χ2n) is 7.36. The summed E-state index contributed by atoms with van der Waals surface area (Å²) in [6.07, 6.45) is 9.91. The first-order valence-electron chi connectivity index (χ1n) is 9.05. The van der Waals surface area contributed by atoms with Gasteiger partial charge in [-0.1, -0.05) is 23.8 Å². The molecule has 0 bridgehead atoms. The number of carboxylic acid groups (broad SMARTS) is 1. The van der Waals surface area contributed by atoms with Crippen LogP contribution in [0.15, 0.2) is 47.2 Å². The van der Waals surface area contributed by atoms with Crippen molar-refractivity contribution in [2.45, 2.75) is 43.2 Å². The van der Waals surface area contributed by atoms with Crippen LogP contribution in [-0.4, -0.2) is 27.7 Å². The average molecular weight is 375 g/mol. The Balaban J connectivity index is 1.36. The average Bonchev–Trinajstić information content (AvgIpc) is 3.53. The van der Waals surface area contributed by atoms with E-state index in [4.69, 9.17) is 9.84 Å². The van der Waals surface area contributed by atoms with E-state index in [9.17, 15) is 4.79 Å². The van der Waals surface area contributed by atoms with Crippen molar-refractivity contribution >= 4 is 17.7 Å². The largest absolute Gasteiger partial charge is 0.481 e. The number of hydrogen-bond donors (Lipinski definition) is 1. The van der Waals surface area contributed by atoms with E-state index in [1.165, 1.54) is 18.9 Å². The number of aromatic nitrogens is 1. The fourth-order valence-corrected chi connectivity index (χ4v) is 4.46. The van der Waals surface area contributed by atoms with Crippen molar-refractivity contribution in [3.8, 4) is 0 Å². The molecule has 0 aromatic carbocycles. The number of carboxylic acids is 1. The normalized spacial score (nSPS) is 30.1. The number of alkyl halides is 1. The third kappa shape index (κ3) is 4.18. The van der Waals surface area contributed by atoms with Crippen molar-refractivity contribution < 1.29 is 19.0 Å². The van der Waals surface area contributed by atoms with Crippen molar-refractivity contribution in [3.63, 3.8) is 0 Å². The molecule has 2 saturated carbocycles. The zero-order valence-corrected chi connectivity index (χ0v) is 15.3. The van der Waals surface area contributed by atoms with Crippen LogP contribution in [0.25, 0.3) is 0 Å². The molecule has 1 aromatic heterocycles. The number of nitrogens with zero attached hydrogens (tertiary/aromatic N) is 1. The van der Waals surface area contributed by atoms with Crippen molar-refractivity contribution in [3.05, 3.63) is 47.7 Å². The molecule has 0 radical (unpaired) electrons. The van der Waals surface area contributed by atoms with Gasteiger partial charge in [-0.25, -0.2) is 9.37 Å². The quantitative estimate of drug-likeness (QED) is 0.684. The third-order valence-electron chi connectivity index (χ3n) is 5.15. The van der Waals surface area contributed by atoms with Crippen LogP contribution in [0.4, 0.5) is 4.39 Å². The number of pyridine rings is 1. The predicted molar refractivity (Wildman–Crippen MR) is 97.4 cm³/mol. The maximum absolute atomic E-state index is 15.2. The molecule has 3 atom stereocenters. The van der Waals surface area contributed by atoms with Gasteiger partial charge in [-0.2, -0.15) is 0 Å². The van der Waals surface area contributed by atoms with E-state index in [0.29, 0.717) is 6.42 Å². The van der Waals surface area contributed by atoms with E-state index in [2.05, 4.69) is 4.98 Å². The molecule has 6 heteroatoms. The first-order valence-corrected chi connectivity index (χ1v) is 10.0. The van der Waals surface area contributed by atoms with E-state index < -0.39 is 11.8 Å². The van der Waals surface area contributed by atoms with E-state index in [0.717, 1.165) is 27.8 Å². The van der Waals surface area contributed by atoms with Crippen molar-refractivity contribution in [2.24, 2.45) is 17.8 Å². The summed E-state index contributed by atoms with van der Waals surface area (Å²) >= 11 is 1.71. The maximum Gasteiger partial charge on any atom is 0.307 e. The summed E-state index contributed by atoms with van der Waals surface area (Å²) < 4.78 is 20.8. The van der Waals surface area contributed by atoms with Gasteiger partial charge in [-0.15, -0.1) is 11.8 Å². The van der Waals surface area contributed by atoms with Crippen LogP contribution in [0.5, 0.6) is 0 Å². The zero-order chi connectivity index (χ0) is 18.1. The second kappa shape index (κ2) is 7.16. The Bertz CT molecular complexity index is 761. The Kier molecular flexibility index (Phi) is 4.88. The highest BCUT2D eigenvalue weighted by atomic mass is 32.2. The summed E-state index contributed by atoms with van der Waals surface area (Å²) in [5.41, 5.74) is 1.73. The standard InChI is InChI=1S/C20H22FNO3S/c21-20(7-1-3-14(10-20)16-9-17(16)19(23)24)25-11-15-4-2-8-22-18(15)26-12-13-5-6-13/h1-4,7-8,13,16-17H,5-6,9-12H2,(H,23,24). The number of carbonyl (C=O) groups is 1. The fourth-order valence-electron chi connectivity index (χ4n) is 3.29. The van der Waals surface area contributed by atoms with Crippen molar-refractivity contribution in [1.29, 1.82) is 0 Å². The van der Waals surface area contributed by atoms with Crippen LogP contribution in [-0.2, 0) is 16.1 Å². The number of aliphatic carboxylic acids is 1. The molecule has 1 heterocycles. The fraction of sp³-hybridized carbons (Fsp3) is 0.500. The highest BCUT2D eigenvalue weighted by Gasteiger charge is 2.47. The lowest BCUT2D eigenvalue weighted by Gasteiger charge is -2.26. The molecule has 0 aliphatic heterocycles. The summed E-state index contributed by atoms with van der Waals surface area (Å²) in [5, 5.41) is 9.99. The Labute approximate surface area is 156 Å². The molecule has 0 saturated heterocycles. The molecule has 2 fully saturated rings. The van der Waals surface area contributed by atoms with Gasteiger partial charge in [-0.3, -0.25) is 4.79 Å². The number of allylic oxidation sites excluding steroid dienone is 2. The predicted octanol–water partition coefficient (Wildman–Crippen LogP) is 4.37. The zero-order valence-electron chi connectivity index (χ0n) is 14.4. The smallest absolute Gasteiger partial charge is 0.307 e. The maximum atomic E-state index is 15.2. The van der Waals surface area contributed by atoms with E-state index in [1.54, 1.807) is 24.0 Å². The summed E-state index contributed by atoms with van der Waals surface area (Å²) in [7, 11) is 0. The van der Waals surface area contributed by atoms with Gasteiger partial charge in [0.25, 0.3) is 0 Å². The van der Waals surface area contributed by atoms with Gasteiger partial charge < -0.3 is 9.84 Å². The summed E-state index contributed by atoms with van der Waals surface area (Å²) in [6, 6.07) is 3.77. The van der Waals surface area contributed by atoms with E-state index in [1.807, 2.05) is 18.2 Å². The van der Waals surface area contributed by atoms with Gasteiger partial charge >= 0.3 is 5.97 Å². The third-order valence-corrected chi connectivity index (χ3v) is 6.43. The molecule has 26 heavy (non-hydrogen) atoms. The van der Waals surface area contributed by atoms with Gasteiger partial charge in [-0.05, 0) is 43.2 Å². The first-order chi connectivity index (χ1) is 12.5. The van der Waals surface area contributed by atoms with E-state index >= 15 is 4.39 Å². The molecule has 4 nitrogen and oxygen atoms in total. The lowest BCUT2D eigenvalue weighted by Crippen LogP contribution is -2.27. The first kappa shape index (κ1) is 17.7. The molecule has 3 aliphatic carbocycles. The Morgan fingerprint density at radius 2 is 2.31 bits per heavy atom. The van der Waals surface area contributed by atoms with Crippen LogP contribution in [0.1, 0.15) is 31.2 Å². The minimum absolute atomic E-state index is 0.0563. The lowest BCUT2D eigenvalue weighted by atomic mass is 9.96. The van der Waals surface area contributed by atoms with Crippen molar-refractivity contribution in [2.75, 3.05) is 5.75 Å². The highest BCUT2D eigenvalue weighted by Crippen LogP contribution is 2.48. The van der Waals surface area contributed by atoms with Gasteiger partial charge in [0, 0.05) is 23.9 Å². The van der Waals surface area contributed by atoms with Crippen LogP contribution < -0.4 is 0 Å². The number of ether oxygens (including phenoxy) is 1. The summed E-state index contributed by atoms with van der Waals surface area (Å²) in [5.74, 6) is -1.28. The number of thioether (sulfide) groups is 1. The topological polar surface area (TPSA) is 59.4 Å². The van der Waals surface area contributed by atoms with Gasteiger partial charge in [0.15, 0.2) is 0 Å². The summed E-state index contributed by atoms with van der Waals surface area (Å²) in [6.45, 7) is 0.155. The van der Waals surface area contributed by atoms with Gasteiger partial charge in [0.2, 0.25) is 5.85 Å². The minimum Gasteiger partial charge on any atom is -0.481 e. The Hall–Kier alpha value is -1.66. The SMILES string of the molecule is O=C(O)C1CC1C1=CC=CC(F)(OCc2cccnc2SCC2CC2)C1. The Morgan fingerprint density at radius 3 is 3.04 bits per heavy atom.